The van der Waals surface area contributed by atoms with Crippen LogP contribution in [0.2, 0.25) is 0 Å². The molecule has 2 aromatic rings. The predicted molar refractivity (Wildman–Crippen MR) is 79.1 cm³/mol. The molecule has 1 unspecified atom stereocenters. The molecule has 0 spiro atoms. The first kappa shape index (κ1) is 20.1. The van der Waals surface area contributed by atoms with Crippen LogP contribution in [0.25, 0.3) is 11.1 Å². The molecule has 1 atom stereocenters. The molecule has 2 aromatic carbocycles. The Morgan fingerprint density at radius 2 is 1.83 bits per heavy atom. The molecule has 0 saturated carbocycles. The molecule has 0 aromatic heterocycles. The van der Waals surface area contributed by atoms with Crippen LogP contribution < -0.4 is 34.3 Å². The molecule has 0 bridgehead atoms. The van der Waals surface area contributed by atoms with E-state index in [1.807, 2.05) is 0 Å². The summed E-state index contributed by atoms with van der Waals surface area (Å²) in [5.74, 6) is 0.159. The van der Waals surface area contributed by atoms with Gasteiger partial charge in [0.2, 0.25) is 0 Å². The van der Waals surface area contributed by atoms with Gasteiger partial charge in [0.05, 0.1) is 6.61 Å². The van der Waals surface area contributed by atoms with Crippen LogP contribution in [-0.4, -0.2) is 42.5 Å². The molecule has 3 N–H and O–H groups in total. The van der Waals surface area contributed by atoms with Crippen molar-refractivity contribution >= 4 is 10.1 Å². The van der Waals surface area contributed by atoms with Gasteiger partial charge in [0.1, 0.15) is 23.4 Å². The molecule has 0 fully saturated rings. The Hall–Kier alpha value is -0.930. The van der Waals surface area contributed by atoms with E-state index in [0.29, 0.717) is 11.1 Å². The SMILES string of the molecule is O=S(=O)(O)c1cc(OCC(O)CO)ccc1-c1cc[c-]cc1.[Na+]. The van der Waals surface area contributed by atoms with Crippen molar-refractivity contribution in [2.45, 2.75) is 11.0 Å². The van der Waals surface area contributed by atoms with E-state index in [0.717, 1.165) is 0 Å². The summed E-state index contributed by atoms with van der Waals surface area (Å²) in [6, 6.07) is 13.6. The van der Waals surface area contributed by atoms with Crippen molar-refractivity contribution in [3.05, 3.63) is 48.5 Å². The third kappa shape index (κ3) is 5.58. The fourth-order valence-corrected chi connectivity index (χ4v) is 2.58. The maximum Gasteiger partial charge on any atom is 1.00 e. The Balaban J connectivity index is 0.00000264. The zero-order chi connectivity index (χ0) is 16.2. The molecule has 23 heavy (non-hydrogen) atoms. The van der Waals surface area contributed by atoms with Crippen molar-refractivity contribution in [2.75, 3.05) is 13.2 Å². The monoisotopic (exact) mass is 346 g/mol. The zero-order valence-corrected chi connectivity index (χ0v) is 15.3. The predicted octanol–water partition coefficient (Wildman–Crippen LogP) is -1.86. The van der Waals surface area contributed by atoms with E-state index < -0.39 is 22.8 Å². The summed E-state index contributed by atoms with van der Waals surface area (Å²) in [6.45, 7) is -0.662. The van der Waals surface area contributed by atoms with Gasteiger partial charge in [-0.25, -0.2) is 0 Å². The average molecular weight is 346 g/mol. The number of rotatable bonds is 6. The average Bonchev–Trinajstić information content (AvgIpc) is 2.52. The Bertz CT molecular complexity index is 733. The summed E-state index contributed by atoms with van der Waals surface area (Å²) >= 11 is 0. The van der Waals surface area contributed by atoms with E-state index in [-0.39, 0.29) is 46.8 Å². The van der Waals surface area contributed by atoms with Crippen molar-refractivity contribution in [3.63, 3.8) is 0 Å². The second-order valence-corrected chi connectivity index (χ2v) is 5.96. The summed E-state index contributed by atoms with van der Waals surface area (Å²) in [5, 5.41) is 18.0. The van der Waals surface area contributed by atoms with Crippen molar-refractivity contribution in [1.29, 1.82) is 0 Å². The number of aliphatic hydroxyl groups excluding tert-OH is 2. The largest absolute Gasteiger partial charge is 1.00 e. The van der Waals surface area contributed by atoms with Crippen LogP contribution in [0.3, 0.4) is 0 Å². The summed E-state index contributed by atoms with van der Waals surface area (Å²) in [5.41, 5.74) is 0.930. The second-order valence-electron chi connectivity index (χ2n) is 4.57. The summed E-state index contributed by atoms with van der Waals surface area (Å²) < 4.78 is 37.7. The molecule has 0 radical (unpaired) electrons. The first-order valence-electron chi connectivity index (χ1n) is 6.41. The van der Waals surface area contributed by atoms with Crippen molar-refractivity contribution in [1.82, 2.24) is 0 Å². The van der Waals surface area contributed by atoms with Gasteiger partial charge in [0, 0.05) is 6.07 Å². The van der Waals surface area contributed by atoms with Gasteiger partial charge in [-0.3, -0.25) is 4.55 Å². The summed E-state index contributed by atoms with van der Waals surface area (Å²) in [6.07, 6.45) is -1.07. The molecule has 2 rings (SSSR count). The minimum absolute atomic E-state index is 0. The van der Waals surface area contributed by atoms with Gasteiger partial charge in [0.15, 0.2) is 0 Å². The summed E-state index contributed by atoms with van der Waals surface area (Å²) in [7, 11) is -4.45. The van der Waals surface area contributed by atoms with E-state index in [2.05, 4.69) is 6.07 Å². The standard InChI is InChI=1S/C15H15O6S.Na/c16-9-12(17)10-21-13-6-7-14(11-4-2-1-3-5-11)15(8-13)22(18,19)20;/h2-8,12,16-17H,9-10H2,(H,18,19,20);/q-1;+1. The number of hydrogen-bond donors (Lipinski definition) is 3. The molecule has 0 heterocycles. The molecule has 0 aliphatic heterocycles. The van der Waals surface area contributed by atoms with Crippen LogP contribution in [0.5, 0.6) is 5.75 Å². The van der Waals surface area contributed by atoms with Crippen molar-refractivity contribution in [2.24, 2.45) is 0 Å². The third-order valence-electron chi connectivity index (χ3n) is 2.91. The summed E-state index contributed by atoms with van der Waals surface area (Å²) in [4.78, 5) is -0.297. The van der Waals surface area contributed by atoms with Crippen LogP contribution in [0, 0.1) is 6.07 Å². The van der Waals surface area contributed by atoms with Gasteiger partial charge < -0.3 is 14.9 Å². The maximum absolute atomic E-state index is 11.6. The molecular formula is C15H15NaO6S. The van der Waals surface area contributed by atoms with Crippen molar-refractivity contribution < 1.29 is 57.5 Å². The van der Waals surface area contributed by atoms with Gasteiger partial charge in [-0.05, 0) is 11.6 Å². The second kappa shape index (κ2) is 8.79. The zero-order valence-electron chi connectivity index (χ0n) is 12.5. The molecule has 8 heteroatoms. The Morgan fingerprint density at radius 3 is 2.39 bits per heavy atom. The molecular weight excluding hydrogens is 331 g/mol. The van der Waals surface area contributed by atoms with E-state index in [9.17, 15) is 18.1 Å². The molecule has 6 nitrogen and oxygen atoms in total. The normalized spacial score (nSPS) is 12.3. The Labute approximate surface area is 156 Å². The van der Waals surface area contributed by atoms with Crippen LogP contribution in [0.1, 0.15) is 0 Å². The fourth-order valence-electron chi connectivity index (χ4n) is 1.86. The molecule has 0 amide bonds. The number of ether oxygens (including phenoxy) is 1. The minimum Gasteiger partial charge on any atom is -0.491 e. The van der Waals surface area contributed by atoms with Crippen LogP contribution in [0.15, 0.2) is 47.4 Å². The van der Waals surface area contributed by atoms with Gasteiger partial charge in [-0.15, -0.1) is 5.56 Å². The molecule has 0 aliphatic carbocycles. The van der Waals surface area contributed by atoms with E-state index in [1.165, 1.54) is 18.2 Å². The number of aliphatic hydroxyl groups is 2. The topological polar surface area (TPSA) is 104 Å². The Kier molecular flexibility index (Phi) is 7.69. The van der Waals surface area contributed by atoms with E-state index in [1.54, 1.807) is 24.3 Å². The van der Waals surface area contributed by atoms with E-state index in [4.69, 9.17) is 9.84 Å². The molecule has 118 valence electrons. The smallest absolute Gasteiger partial charge is 0.491 e. The van der Waals surface area contributed by atoms with E-state index >= 15 is 0 Å². The number of hydrogen-bond acceptors (Lipinski definition) is 5. The maximum atomic E-state index is 11.6. The van der Waals surface area contributed by atoms with Crippen LogP contribution in [-0.2, 0) is 10.1 Å². The van der Waals surface area contributed by atoms with Crippen LogP contribution >= 0.6 is 0 Å². The quantitative estimate of drug-likeness (QED) is 0.322. The number of benzene rings is 2. The van der Waals surface area contributed by atoms with Gasteiger partial charge >= 0.3 is 29.6 Å². The molecule has 0 saturated heterocycles. The minimum atomic E-state index is -4.45. The van der Waals surface area contributed by atoms with Gasteiger partial charge in [-0.2, -0.15) is 38.7 Å². The van der Waals surface area contributed by atoms with Gasteiger partial charge in [0.25, 0.3) is 10.1 Å². The fraction of sp³-hybridized carbons (Fsp3) is 0.200. The molecule has 0 aliphatic rings. The first-order chi connectivity index (χ1) is 10.4. The third-order valence-corrected chi connectivity index (χ3v) is 3.81. The van der Waals surface area contributed by atoms with Gasteiger partial charge in [-0.1, -0.05) is 6.07 Å². The Morgan fingerprint density at radius 1 is 1.17 bits per heavy atom. The first-order valence-corrected chi connectivity index (χ1v) is 7.85. The van der Waals surface area contributed by atoms with Crippen LogP contribution in [0.4, 0.5) is 0 Å². The van der Waals surface area contributed by atoms with Crippen molar-refractivity contribution in [3.8, 4) is 16.9 Å².